The van der Waals surface area contributed by atoms with Crippen molar-refractivity contribution < 1.29 is 19.1 Å². The van der Waals surface area contributed by atoms with Gasteiger partial charge < -0.3 is 24.3 Å². The van der Waals surface area contributed by atoms with Crippen molar-refractivity contribution >= 4 is 34.2 Å². The summed E-state index contributed by atoms with van der Waals surface area (Å²) in [5, 5.41) is 5.22. The second kappa shape index (κ2) is 14.9. The Bertz CT molecular complexity index is 1670. The van der Waals surface area contributed by atoms with E-state index in [1.807, 2.05) is 35.2 Å². The van der Waals surface area contributed by atoms with E-state index in [2.05, 4.69) is 66.1 Å². The molecule has 47 heavy (non-hydrogen) atoms. The number of amides is 2. The Kier molecular flexibility index (Phi) is 10.5. The van der Waals surface area contributed by atoms with Gasteiger partial charge in [0.15, 0.2) is 11.5 Å². The third-order valence-corrected chi connectivity index (χ3v) is 10.3. The molecule has 1 unspecified atom stereocenters. The molecule has 0 radical (unpaired) electrons. The summed E-state index contributed by atoms with van der Waals surface area (Å²) >= 11 is 1.74. The zero-order valence-corrected chi connectivity index (χ0v) is 28.9. The van der Waals surface area contributed by atoms with Crippen molar-refractivity contribution in [2.75, 3.05) is 33.0 Å². The maximum Gasteiger partial charge on any atom is 0.252 e. The van der Waals surface area contributed by atoms with Crippen LogP contribution in [-0.2, 0) is 17.8 Å². The number of hydrogen-bond acceptors (Lipinski definition) is 7. The van der Waals surface area contributed by atoms with Gasteiger partial charge in [0.05, 0.1) is 11.0 Å². The van der Waals surface area contributed by atoms with E-state index in [0.29, 0.717) is 37.0 Å². The minimum absolute atomic E-state index is 0.000877. The fraction of sp³-hybridized carbons (Fsp3) is 0.486. The number of thiophene rings is 1. The van der Waals surface area contributed by atoms with Crippen LogP contribution < -0.4 is 14.8 Å². The molecule has 2 aromatic heterocycles. The number of carbonyl (C=O) groups is 2. The SMILES string of the molecule is CCC(CC)n1c(Cc2cccs2)nc2cc(C(=O)NC(CCC(C)C)C(=O)N3CCN(Cc4ccc5c(c4)OCO5)CC3)ccc21. The van der Waals surface area contributed by atoms with E-state index in [9.17, 15) is 9.59 Å². The molecule has 2 aromatic carbocycles. The monoisotopic (exact) mass is 657 g/mol. The van der Waals surface area contributed by atoms with Crippen LogP contribution in [0, 0.1) is 5.92 Å². The summed E-state index contributed by atoms with van der Waals surface area (Å²) in [6.45, 7) is 12.6. The molecule has 0 bridgehead atoms. The largest absolute Gasteiger partial charge is 0.454 e. The smallest absolute Gasteiger partial charge is 0.252 e. The molecule has 0 aliphatic carbocycles. The Labute approximate surface area is 281 Å². The van der Waals surface area contributed by atoms with Crippen LogP contribution in [0.1, 0.15) is 86.0 Å². The highest BCUT2D eigenvalue weighted by molar-refractivity contribution is 7.09. The van der Waals surface area contributed by atoms with Crippen LogP contribution in [0.15, 0.2) is 53.9 Å². The van der Waals surface area contributed by atoms with E-state index in [1.54, 1.807) is 11.3 Å². The lowest BCUT2D eigenvalue weighted by Crippen LogP contribution is -2.54. The molecular weight excluding hydrogens is 611 g/mol. The molecule has 4 aromatic rings. The van der Waals surface area contributed by atoms with E-state index in [1.165, 1.54) is 4.88 Å². The van der Waals surface area contributed by atoms with Gasteiger partial charge >= 0.3 is 0 Å². The predicted octanol–water partition coefficient (Wildman–Crippen LogP) is 6.66. The number of rotatable bonds is 13. The van der Waals surface area contributed by atoms with Gasteiger partial charge in [0, 0.05) is 55.6 Å². The molecule has 2 amide bonds. The highest BCUT2D eigenvalue weighted by Gasteiger charge is 2.30. The second-order valence-electron chi connectivity index (χ2n) is 13.1. The molecule has 4 heterocycles. The Morgan fingerprint density at radius 2 is 1.74 bits per heavy atom. The number of imidazole rings is 1. The molecule has 2 aliphatic rings. The number of aromatic nitrogens is 2. The highest BCUT2D eigenvalue weighted by atomic mass is 32.1. The van der Waals surface area contributed by atoms with Gasteiger partial charge in [-0.3, -0.25) is 14.5 Å². The Hall–Kier alpha value is -3.89. The van der Waals surface area contributed by atoms with E-state index >= 15 is 0 Å². The summed E-state index contributed by atoms with van der Waals surface area (Å²) in [6, 6.07) is 15.8. The van der Waals surface area contributed by atoms with Crippen LogP contribution >= 0.6 is 11.3 Å². The molecular formula is C37H47N5O4S. The third-order valence-electron chi connectivity index (χ3n) is 9.41. The summed E-state index contributed by atoms with van der Waals surface area (Å²) in [6.07, 6.45) is 4.24. The average molecular weight is 658 g/mol. The number of piperazine rings is 1. The van der Waals surface area contributed by atoms with Gasteiger partial charge in [-0.1, -0.05) is 39.8 Å². The molecule has 9 nitrogen and oxygen atoms in total. The van der Waals surface area contributed by atoms with Crippen molar-refractivity contribution in [3.05, 3.63) is 75.7 Å². The normalized spacial score (nSPS) is 15.6. The zero-order chi connectivity index (χ0) is 32.9. The zero-order valence-electron chi connectivity index (χ0n) is 28.0. The van der Waals surface area contributed by atoms with Crippen molar-refractivity contribution in [1.82, 2.24) is 24.7 Å². The summed E-state index contributed by atoms with van der Waals surface area (Å²) in [5.41, 5.74) is 3.56. The van der Waals surface area contributed by atoms with Crippen molar-refractivity contribution in [3.8, 4) is 11.5 Å². The lowest BCUT2D eigenvalue weighted by atomic mass is 10.0. The molecule has 0 saturated carbocycles. The van der Waals surface area contributed by atoms with Gasteiger partial charge in [-0.05, 0) is 78.9 Å². The standard InChI is InChI=1S/C37H47N5O4S/c1-5-28(6-2)42-32-13-11-27(21-31(32)38-35(42)22-29-8-7-19-47-29)36(43)39-30(12-9-25(3)4)37(44)41-17-15-40(16-18-41)23-26-10-14-33-34(20-26)46-24-45-33/h7-8,10-11,13-14,19-21,25,28,30H,5-6,9,12,15-18,22-24H2,1-4H3,(H,39,43). The van der Waals surface area contributed by atoms with E-state index < -0.39 is 6.04 Å². The molecule has 6 rings (SSSR count). The maximum atomic E-state index is 13.9. The van der Waals surface area contributed by atoms with Crippen LogP contribution in [0.3, 0.4) is 0 Å². The molecule has 250 valence electrons. The van der Waals surface area contributed by atoms with Gasteiger partial charge in [0.1, 0.15) is 11.9 Å². The first-order valence-corrected chi connectivity index (χ1v) is 17.9. The quantitative estimate of drug-likeness (QED) is 0.173. The summed E-state index contributed by atoms with van der Waals surface area (Å²) in [4.78, 5) is 38.2. The minimum atomic E-state index is -0.572. The third kappa shape index (κ3) is 7.65. The topological polar surface area (TPSA) is 88.9 Å². The minimum Gasteiger partial charge on any atom is -0.454 e. The van der Waals surface area contributed by atoms with Crippen LogP contribution in [0.2, 0.25) is 0 Å². The molecule has 0 spiro atoms. The van der Waals surface area contributed by atoms with Crippen molar-refractivity contribution in [1.29, 1.82) is 0 Å². The van der Waals surface area contributed by atoms with Crippen LogP contribution in [0.4, 0.5) is 0 Å². The Morgan fingerprint density at radius 3 is 2.47 bits per heavy atom. The fourth-order valence-electron chi connectivity index (χ4n) is 6.69. The van der Waals surface area contributed by atoms with E-state index in [0.717, 1.165) is 79.2 Å². The number of benzene rings is 2. The van der Waals surface area contributed by atoms with Crippen LogP contribution in [0.25, 0.3) is 11.0 Å². The fourth-order valence-corrected chi connectivity index (χ4v) is 7.39. The highest BCUT2D eigenvalue weighted by Crippen LogP contribution is 2.33. The summed E-state index contributed by atoms with van der Waals surface area (Å²) < 4.78 is 13.3. The summed E-state index contributed by atoms with van der Waals surface area (Å²) in [7, 11) is 0. The molecule has 1 N–H and O–H groups in total. The Balaban J connectivity index is 1.14. The number of ether oxygens (including phenoxy) is 2. The van der Waals surface area contributed by atoms with Crippen LogP contribution in [0.5, 0.6) is 11.5 Å². The molecule has 1 fully saturated rings. The van der Waals surface area contributed by atoms with Crippen LogP contribution in [-0.4, -0.2) is 70.2 Å². The van der Waals surface area contributed by atoms with Gasteiger partial charge in [-0.15, -0.1) is 11.3 Å². The van der Waals surface area contributed by atoms with Gasteiger partial charge in [-0.2, -0.15) is 0 Å². The van der Waals surface area contributed by atoms with Gasteiger partial charge in [-0.25, -0.2) is 4.98 Å². The number of hydrogen-bond donors (Lipinski definition) is 1. The van der Waals surface area contributed by atoms with Crippen molar-refractivity contribution in [3.63, 3.8) is 0 Å². The predicted molar refractivity (Wildman–Crippen MR) is 186 cm³/mol. The van der Waals surface area contributed by atoms with E-state index in [4.69, 9.17) is 14.5 Å². The van der Waals surface area contributed by atoms with E-state index in [-0.39, 0.29) is 18.6 Å². The Morgan fingerprint density at radius 1 is 0.957 bits per heavy atom. The number of carbonyl (C=O) groups excluding carboxylic acids is 2. The van der Waals surface area contributed by atoms with Gasteiger partial charge in [0.2, 0.25) is 12.7 Å². The second-order valence-corrected chi connectivity index (χ2v) is 14.1. The van der Waals surface area contributed by atoms with Crippen molar-refractivity contribution in [2.24, 2.45) is 5.92 Å². The first-order valence-electron chi connectivity index (χ1n) is 17.1. The van der Waals surface area contributed by atoms with Crippen molar-refractivity contribution in [2.45, 2.75) is 78.4 Å². The first-order chi connectivity index (χ1) is 22.8. The maximum absolute atomic E-state index is 13.9. The molecule has 1 saturated heterocycles. The number of fused-ring (bicyclic) bond motifs is 2. The summed E-state index contributed by atoms with van der Waals surface area (Å²) in [5.74, 6) is 2.79. The number of nitrogens with one attached hydrogen (secondary N) is 1. The lowest BCUT2D eigenvalue weighted by Gasteiger charge is -2.36. The molecule has 1 atom stereocenters. The number of nitrogens with zero attached hydrogens (tertiary/aromatic N) is 4. The average Bonchev–Trinajstić information content (AvgIpc) is 3.84. The molecule has 10 heteroatoms. The first kappa shape index (κ1) is 33.0. The molecule has 2 aliphatic heterocycles. The lowest BCUT2D eigenvalue weighted by molar-refractivity contribution is -0.135. The van der Waals surface area contributed by atoms with Gasteiger partial charge in [0.25, 0.3) is 5.91 Å².